The zero-order chi connectivity index (χ0) is 20.6. The molecular formula is C18H27N3O5S. The van der Waals surface area contributed by atoms with Crippen molar-refractivity contribution in [3.05, 3.63) is 18.2 Å². The number of carbonyl (C=O) groups excluding carboxylic acids is 1. The van der Waals surface area contributed by atoms with Crippen LogP contribution < -0.4 is 20.1 Å². The Hall–Kier alpha value is -2.55. The molecule has 0 aromatic heterocycles. The van der Waals surface area contributed by atoms with Crippen LogP contribution in [-0.2, 0) is 9.59 Å². The van der Waals surface area contributed by atoms with E-state index in [1.165, 1.54) is 11.9 Å². The van der Waals surface area contributed by atoms with Crippen molar-refractivity contribution >= 4 is 34.9 Å². The number of hydrogen-bond acceptors (Lipinski definition) is 5. The average molecular weight is 397 g/mol. The topological polar surface area (TPSA) is 100 Å². The van der Waals surface area contributed by atoms with Gasteiger partial charge >= 0.3 is 5.97 Å². The molecule has 1 amide bonds. The number of ether oxygens (including phenoxy) is 2. The number of carboxylic acids is 1. The number of nitrogens with zero attached hydrogens (tertiary/aromatic N) is 1. The van der Waals surface area contributed by atoms with Crippen molar-refractivity contribution in [2.75, 3.05) is 33.1 Å². The Bertz CT molecular complexity index is 681. The number of methoxy groups -OCH3 is 2. The molecule has 0 heterocycles. The summed E-state index contributed by atoms with van der Waals surface area (Å²) in [6.45, 7) is 3.81. The fraction of sp³-hybridized carbons (Fsp3) is 0.500. The van der Waals surface area contributed by atoms with E-state index >= 15 is 0 Å². The van der Waals surface area contributed by atoms with Gasteiger partial charge in [-0.2, -0.15) is 0 Å². The average Bonchev–Trinajstić information content (AvgIpc) is 2.61. The molecule has 1 atom stereocenters. The number of likely N-dealkylation sites (N-methyl/N-ethyl adjacent to an activating group) is 1. The summed E-state index contributed by atoms with van der Waals surface area (Å²) in [5, 5.41) is 15.5. The molecule has 0 aliphatic rings. The summed E-state index contributed by atoms with van der Waals surface area (Å²) < 4.78 is 10.4. The minimum absolute atomic E-state index is 0.120. The van der Waals surface area contributed by atoms with E-state index in [9.17, 15) is 14.7 Å². The zero-order valence-corrected chi connectivity index (χ0v) is 17.1. The van der Waals surface area contributed by atoms with E-state index in [2.05, 4.69) is 10.6 Å². The molecule has 0 radical (unpaired) electrons. The van der Waals surface area contributed by atoms with Crippen molar-refractivity contribution in [3.8, 4) is 11.5 Å². The number of carbonyl (C=O) groups is 2. The van der Waals surface area contributed by atoms with Crippen LogP contribution in [0, 0.1) is 5.92 Å². The van der Waals surface area contributed by atoms with Crippen molar-refractivity contribution in [1.29, 1.82) is 0 Å². The Morgan fingerprint density at radius 1 is 1.26 bits per heavy atom. The van der Waals surface area contributed by atoms with Crippen LogP contribution in [0.3, 0.4) is 0 Å². The van der Waals surface area contributed by atoms with Crippen LogP contribution in [0.2, 0.25) is 0 Å². The Morgan fingerprint density at radius 2 is 1.93 bits per heavy atom. The first-order valence-electron chi connectivity index (χ1n) is 8.46. The summed E-state index contributed by atoms with van der Waals surface area (Å²) in [6.07, 6.45) is 0.120. The Balaban J connectivity index is 2.56. The predicted octanol–water partition coefficient (Wildman–Crippen LogP) is 1.95. The number of rotatable bonds is 9. The maximum Gasteiger partial charge on any atom is 0.326 e. The highest BCUT2D eigenvalue weighted by molar-refractivity contribution is 7.80. The summed E-state index contributed by atoms with van der Waals surface area (Å²) in [6, 6.07) is 4.40. The predicted molar refractivity (Wildman–Crippen MR) is 107 cm³/mol. The second-order valence-electron chi connectivity index (χ2n) is 6.23. The number of carboxylic acid groups (broad SMARTS) is 1. The Labute approximate surface area is 164 Å². The minimum atomic E-state index is -1.02. The second kappa shape index (κ2) is 10.6. The second-order valence-corrected chi connectivity index (χ2v) is 6.64. The van der Waals surface area contributed by atoms with Crippen LogP contribution in [-0.4, -0.2) is 60.8 Å². The lowest BCUT2D eigenvalue weighted by molar-refractivity contribution is -0.150. The first-order valence-corrected chi connectivity index (χ1v) is 8.87. The molecule has 0 unspecified atom stereocenters. The molecule has 9 heteroatoms. The fourth-order valence-corrected chi connectivity index (χ4v) is 2.79. The first-order chi connectivity index (χ1) is 12.7. The molecule has 0 aliphatic heterocycles. The highest BCUT2D eigenvalue weighted by Crippen LogP contribution is 2.28. The Kier molecular flexibility index (Phi) is 8.80. The molecular weight excluding hydrogens is 370 g/mol. The number of nitrogens with one attached hydrogen (secondary N) is 2. The number of anilines is 1. The molecule has 1 aromatic carbocycles. The molecule has 0 saturated carbocycles. The molecule has 0 spiro atoms. The van der Waals surface area contributed by atoms with Gasteiger partial charge < -0.3 is 30.1 Å². The maximum absolute atomic E-state index is 12.2. The first kappa shape index (κ1) is 22.5. The molecule has 3 N–H and O–H groups in total. The van der Waals surface area contributed by atoms with E-state index in [0.29, 0.717) is 22.3 Å². The minimum Gasteiger partial charge on any atom is -0.497 e. The Morgan fingerprint density at radius 3 is 2.44 bits per heavy atom. The van der Waals surface area contributed by atoms with Crippen molar-refractivity contribution in [2.45, 2.75) is 26.3 Å². The standard InChI is InChI=1S/C18H27N3O5S/c1-11(2)16(17(23)24)21(3)15(22)8-9-19-18(27)20-13-7-6-12(25-4)10-14(13)26-5/h6-7,10-11,16H,8-9H2,1-5H3,(H,23,24)(H2,19,20,27)/t16-/m0/s1. The zero-order valence-electron chi connectivity index (χ0n) is 16.2. The number of benzene rings is 1. The van der Waals surface area contributed by atoms with Crippen LogP contribution in [0.25, 0.3) is 0 Å². The fourth-order valence-electron chi connectivity index (χ4n) is 2.58. The van der Waals surface area contributed by atoms with Gasteiger partial charge in [0.15, 0.2) is 5.11 Å². The van der Waals surface area contributed by atoms with E-state index < -0.39 is 12.0 Å². The number of thiocarbonyl (C=S) groups is 1. The molecule has 0 saturated heterocycles. The number of aliphatic carboxylic acids is 1. The van der Waals surface area contributed by atoms with Gasteiger partial charge in [-0.15, -0.1) is 0 Å². The van der Waals surface area contributed by atoms with Gasteiger partial charge in [-0.3, -0.25) is 4.79 Å². The van der Waals surface area contributed by atoms with Gasteiger partial charge in [-0.05, 0) is 30.3 Å². The highest BCUT2D eigenvalue weighted by Gasteiger charge is 2.29. The molecule has 0 aliphatic carbocycles. The molecule has 8 nitrogen and oxygen atoms in total. The summed E-state index contributed by atoms with van der Waals surface area (Å²) in [5.41, 5.74) is 0.657. The number of hydrogen-bond donors (Lipinski definition) is 3. The van der Waals surface area contributed by atoms with Crippen LogP contribution in [0.15, 0.2) is 18.2 Å². The summed E-state index contributed by atoms with van der Waals surface area (Å²) in [7, 11) is 4.61. The summed E-state index contributed by atoms with van der Waals surface area (Å²) in [5.74, 6) is -0.251. The van der Waals surface area contributed by atoms with Crippen LogP contribution in [0.1, 0.15) is 20.3 Å². The lowest BCUT2D eigenvalue weighted by Gasteiger charge is -2.27. The third-order valence-electron chi connectivity index (χ3n) is 3.98. The molecule has 0 fully saturated rings. The molecule has 27 heavy (non-hydrogen) atoms. The lowest BCUT2D eigenvalue weighted by atomic mass is 10.0. The smallest absolute Gasteiger partial charge is 0.326 e. The highest BCUT2D eigenvalue weighted by atomic mass is 32.1. The number of amides is 1. The lowest BCUT2D eigenvalue weighted by Crippen LogP contribution is -2.46. The molecule has 0 bridgehead atoms. The SMILES string of the molecule is COc1ccc(NC(=S)NCCC(=O)N(C)[C@H](C(=O)O)C(C)C)c(OC)c1. The van der Waals surface area contributed by atoms with Crippen molar-refractivity contribution in [1.82, 2.24) is 10.2 Å². The third kappa shape index (κ3) is 6.59. The molecule has 1 aromatic rings. The van der Waals surface area contributed by atoms with E-state index in [4.69, 9.17) is 21.7 Å². The quantitative estimate of drug-likeness (QED) is 0.544. The monoisotopic (exact) mass is 397 g/mol. The van der Waals surface area contributed by atoms with Gasteiger partial charge in [-0.1, -0.05) is 13.8 Å². The van der Waals surface area contributed by atoms with Crippen LogP contribution in [0.5, 0.6) is 11.5 Å². The van der Waals surface area contributed by atoms with Crippen molar-refractivity contribution in [2.24, 2.45) is 5.92 Å². The van der Waals surface area contributed by atoms with Gasteiger partial charge in [0.05, 0.1) is 19.9 Å². The van der Waals surface area contributed by atoms with Crippen LogP contribution in [0.4, 0.5) is 5.69 Å². The van der Waals surface area contributed by atoms with Gasteiger partial charge in [-0.25, -0.2) is 4.79 Å². The van der Waals surface area contributed by atoms with Crippen LogP contribution >= 0.6 is 12.2 Å². The molecule has 1 rings (SSSR count). The normalized spacial score (nSPS) is 11.5. The van der Waals surface area contributed by atoms with E-state index in [-0.39, 0.29) is 24.8 Å². The van der Waals surface area contributed by atoms with Gasteiger partial charge in [0.1, 0.15) is 17.5 Å². The molecule has 150 valence electrons. The van der Waals surface area contributed by atoms with Gasteiger partial charge in [0.25, 0.3) is 0 Å². The van der Waals surface area contributed by atoms with Gasteiger partial charge in [0.2, 0.25) is 5.91 Å². The largest absolute Gasteiger partial charge is 0.497 e. The van der Waals surface area contributed by atoms with E-state index in [1.54, 1.807) is 46.3 Å². The maximum atomic E-state index is 12.2. The summed E-state index contributed by atoms with van der Waals surface area (Å²) >= 11 is 5.23. The van der Waals surface area contributed by atoms with Crippen molar-refractivity contribution < 1.29 is 24.2 Å². The third-order valence-corrected chi connectivity index (χ3v) is 4.22. The van der Waals surface area contributed by atoms with E-state index in [1.807, 2.05) is 0 Å². The van der Waals surface area contributed by atoms with E-state index in [0.717, 1.165) is 0 Å². The van der Waals surface area contributed by atoms with Crippen molar-refractivity contribution in [3.63, 3.8) is 0 Å². The van der Waals surface area contributed by atoms with Gasteiger partial charge in [0, 0.05) is 26.1 Å². The summed E-state index contributed by atoms with van der Waals surface area (Å²) in [4.78, 5) is 24.8.